The highest BCUT2D eigenvalue weighted by Crippen LogP contribution is 2.31. The van der Waals surface area contributed by atoms with Crippen LogP contribution < -0.4 is 0 Å². The Hall–Kier alpha value is -1.11. The number of halogens is 6. The lowest BCUT2D eigenvalue weighted by molar-refractivity contribution is -0.137. The largest absolute Gasteiger partial charge is 0.442 e. The molecule has 1 aromatic rings. The second kappa shape index (κ2) is 5.69. The highest BCUT2D eigenvalue weighted by molar-refractivity contribution is 8.00. The molecule has 0 aliphatic carbocycles. The van der Waals surface area contributed by atoms with Crippen LogP contribution in [0.15, 0.2) is 30.3 Å². The molecule has 100 valence electrons. The Morgan fingerprint density at radius 1 is 0.944 bits per heavy atom. The third kappa shape index (κ3) is 5.48. The molecule has 0 atom stereocenters. The summed E-state index contributed by atoms with van der Waals surface area (Å²) in [6, 6.07) is 4.18. The van der Waals surface area contributed by atoms with Gasteiger partial charge in [0.05, 0.1) is 5.56 Å². The monoisotopic (exact) mass is 286 g/mol. The van der Waals surface area contributed by atoms with Crippen molar-refractivity contribution in [3.05, 3.63) is 41.5 Å². The predicted octanol–water partition coefficient (Wildman–Crippen LogP) is 4.97. The van der Waals surface area contributed by atoms with Crippen LogP contribution in [0.2, 0.25) is 0 Å². The van der Waals surface area contributed by atoms with Crippen LogP contribution in [0.4, 0.5) is 26.3 Å². The molecule has 0 saturated carbocycles. The first-order valence-corrected chi connectivity index (χ1v) is 5.71. The van der Waals surface area contributed by atoms with Gasteiger partial charge in [-0.3, -0.25) is 0 Å². The van der Waals surface area contributed by atoms with Gasteiger partial charge in [0.2, 0.25) is 0 Å². The normalized spacial score (nSPS) is 13.2. The second-order valence-corrected chi connectivity index (χ2v) is 4.36. The SMILES string of the molecule is FC(F)(F)SC/C=C/c1ccc(C(F)(F)F)cc1. The van der Waals surface area contributed by atoms with E-state index in [1.54, 1.807) is 0 Å². The van der Waals surface area contributed by atoms with Crippen LogP contribution in [0.25, 0.3) is 6.08 Å². The Balaban J connectivity index is 2.57. The smallest absolute Gasteiger partial charge is 0.166 e. The minimum absolute atomic E-state index is 0.207. The second-order valence-electron chi connectivity index (χ2n) is 3.28. The van der Waals surface area contributed by atoms with Gasteiger partial charge in [0.25, 0.3) is 0 Å². The first-order valence-electron chi connectivity index (χ1n) is 4.73. The predicted molar refractivity (Wildman–Crippen MR) is 59.0 cm³/mol. The topological polar surface area (TPSA) is 0 Å². The van der Waals surface area contributed by atoms with Crippen molar-refractivity contribution in [3.8, 4) is 0 Å². The maximum absolute atomic E-state index is 12.2. The molecule has 0 amide bonds. The Morgan fingerprint density at radius 3 is 1.94 bits per heavy atom. The van der Waals surface area contributed by atoms with Crippen LogP contribution in [-0.2, 0) is 6.18 Å². The summed E-state index contributed by atoms with van der Waals surface area (Å²) in [5.74, 6) is -0.273. The van der Waals surface area contributed by atoms with E-state index in [1.807, 2.05) is 0 Å². The van der Waals surface area contributed by atoms with Gasteiger partial charge in [-0.05, 0) is 29.5 Å². The number of alkyl halides is 6. The average Bonchev–Trinajstić information content (AvgIpc) is 2.22. The molecule has 0 unspecified atom stereocenters. The average molecular weight is 286 g/mol. The summed E-state index contributed by atoms with van der Waals surface area (Å²) >= 11 is -0.207. The van der Waals surface area contributed by atoms with Crippen molar-refractivity contribution in [2.24, 2.45) is 0 Å². The summed E-state index contributed by atoms with van der Waals surface area (Å²) in [7, 11) is 0. The minimum Gasteiger partial charge on any atom is -0.166 e. The molecule has 0 saturated heterocycles. The third-order valence-electron chi connectivity index (χ3n) is 1.89. The van der Waals surface area contributed by atoms with Crippen LogP contribution in [-0.4, -0.2) is 11.3 Å². The van der Waals surface area contributed by atoms with E-state index in [-0.39, 0.29) is 17.5 Å². The molecule has 0 aromatic heterocycles. The molecule has 0 spiro atoms. The molecule has 1 rings (SSSR count). The van der Waals surface area contributed by atoms with Gasteiger partial charge < -0.3 is 0 Å². The number of rotatable bonds is 3. The van der Waals surface area contributed by atoms with E-state index >= 15 is 0 Å². The van der Waals surface area contributed by atoms with Gasteiger partial charge in [0, 0.05) is 5.75 Å². The fraction of sp³-hybridized carbons (Fsp3) is 0.273. The maximum Gasteiger partial charge on any atom is 0.442 e. The standard InChI is InChI=1S/C11H8F6S/c12-10(13,14)9-5-3-8(4-6-9)2-1-7-18-11(15,16)17/h1-6H,7H2/b2-1+. The molecule has 0 radical (unpaired) electrons. The van der Waals surface area contributed by atoms with Crippen molar-refractivity contribution >= 4 is 17.8 Å². The lowest BCUT2D eigenvalue weighted by Crippen LogP contribution is -2.03. The Bertz CT molecular complexity index is 401. The van der Waals surface area contributed by atoms with Gasteiger partial charge in [-0.1, -0.05) is 24.3 Å². The van der Waals surface area contributed by atoms with E-state index in [4.69, 9.17) is 0 Å². The van der Waals surface area contributed by atoms with Gasteiger partial charge in [-0.25, -0.2) is 0 Å². The zero-order valence-electron chi connectivity index (χ0n) is 8.85. The summed E-state index contributed by atoms with van der Waals surface area (Å²) in [5, 5.41) is 0. The summed E-state index contributed by atoms with van der Waals surface area (Å²) in [4.78, 5) is 0. The zero-order valence-corrected chi connectivity index (χ0v) is 9.66. The van der Waals surface area contributed by atoms with Crippen molar-refractivity contribution in [3.63, 3.8) is 0 Å². The van der Waals surface area contributed by atoms with Crippen molar-refractivity contribution in [1.29, 1.82) is 0 Å². The van der Waals surface area contributed by atoms with Crippen molar-refractivity contribution in [2.75, 3.05) is 5.75 Å². The van der Waals surface area contributed by atoms with Crippen LogP contribution in [0, 0.1) is 0 Å². The molecule has 0 nitrogen and oxygen atoms in total. The molecule has 0 aliphatic rings. The van der Waals surface area contributed by atoms with Crippen molar-refractivity contribution in [2.45, 2.75) is 11.7 Å². The van der Waals surface area contributed by atoms with E-state index in [0.717, 1.165) is 12.1 Å². The molecule has 0 heterocycles. The van der Waals surface area contributed by atoms with Crippen LogP contribution in [0.1, 0.15) is 11.1 Å². The molecular weight excluding hydrogens is 278 g/mol. The number of hydrogen-bond acceptors (Lipinski definition) is 1. The Morgan fingerprint density at radius 2 is 1.50 bits per heavy atom. The summed E-state index contributed by atoms with van der Waals surface area (Å²) in [6.45, 7) is 0. The highest BCUT2D eigenvalue weighted by Gasteiger charge is 2.29. The lowest BCUT2D eigenvalue weighted by atomic mass is 10.1. The molecule has 0 bridgehead atoms. The zero-order chi connectivity index (χ0) is 13.8. The van der Waals surface area contributed by atoms with E-state index in [0.29, 0.717) is 5.56 Å². The van der Waals surface area contributed by atoms with E-state index in [9.17, 15) is 26.3 Å². The third-order valence-corrected chi connectivity index (χ3v) is 2.58. The van der Waals surface area contributed by atoms with Crippen molar-refractivity contribution < 1.29 is 26.3 Å². The van der Waals surface area contributed by atoms with Gasteiger partial charge >= 0.3 is 11.7 Å². The molecule has 18 heavy (non-hydrogen) atoms. The lowest BCUT2D eigenvalue weighted by Gasteiger charge is -2.06. The maximum atomic E-state index is 12.2. The number of thioether (sulfide) groups is 1. The van der Waals surface area contributed by atoms with Gasteiger partial charge in [-0.15, -0.1) is 0 Å². The molecule has 7 heteroatoms. The van der Waals surface area contributed by atoms with E-state index < -0.39 is 17.2 Å². The molecule has 0 N–H and O–H groups in total. The molecule has 0 fully saturated rings. The summed E-state index contributed by atoms with van der Waals surface area (Å²) in [6.07, 6.45) is -1.81. The minimum atomic E-state index is -4.41. The van der Waals surface area contributed by atoms with Gasteiger partial charge in [-0.2, -0.15) is 26.3 Å². The van der Waals surface area contributed by atoms with Gasteiger partial charge in [0.1, 0.15) is 0 Å². The fourth-order valence-electron chi connectivity index (χ4n) is 1.11. The fourth-order valence-corrected chi connectivity index (χ4v) is 1.49. The molecular formula is C11H8F6S. The molecule has 0 aliphatic heterocycles. The first kappa shape index (κ1) is 14.9. The van der Waals surface area contributed by atoms with Gasteiger partial charge in [0.15, 0.2) is 0 Å². The quantitative estimate of drug-likeness (QED) is 0.707. The van der Waals surface area contributed by atoms with Crippen LogP contribution >= 0.6 is 11.8 Å². The highest BCUT2D eigenvalue weighted by atomic mass is 32.2. The van der Waals surface area contributed by atoms with Crippen LogP contribution in [0.5, 0.6) is 0 Å². The number of hydrogen-bond donors (Lipinski definition) is 0. The van der Waals surface area contributed by atoms with E-state index in [1.165, 1.54) is 24.3 Å². The first-order chi connectivity index (χ1) is 8.18. The number of benzene rings is 1. The van der Waals surface area contributed by atoms with Crippen molar-refractivity contribution in [1.82, 2.24) is 0 Å². The van der Waals surface area contributed by atoms with Crippen LogP contribution in [0.3, 0.4) is 0 Å². The summed E-state index contributed by atoms with van der Waals surface area (Å²) < 4.78 is 71.9. The Labute approximate surface area is 104 Å². The molecule has 1 aromatic carbocycles. The Kier molecular flexibility index (Phi) is 4.72. The van der Waals surface area contributed by atoms with E-state index in [2.05, 4.69) is 0 Å². The summed E-state index contributed by atoms with van der Waals surface area (Å²) in [5.41, 5.74) is -4.67.